The van der Waals surface area contributed by atoms with Gasteiger partial charge in [0.1, 0.15) is 5.82 Å². The molecule has 0 fully saturated rings. The Morgan fingerprint density at radius 3 is 2.72 bits per heavy atom. The number of rotatable bonds is 1. The van der Waals surface area contributed by atoms with Crippen molar-refractivity contribution in [2.75, 3.05) is 5.73 Å². The highest BCUT2D eigenvalue weighted by Crippen LogP contribution is 2.30. The number of benzene rings is 1. The quantitative estimate of drug-likeness (QED) is 0.856. The van der Waals surface area contributed by atoms with Crippen LogP contribution in [0.4, 0.5) is 9.52 Å². The van der Waals surface area contributed by atoms with Crippen molar-refractivity contribution in [2.45, 2.75) is 13.1 Å². The number of thiazole rings is 1. The number of nitrogen functional groups attached to an aromatic ring is 1. The number of hydrogen-bond acceptors (Lipinski definition) is 4. The molecule has 6 heteroatoms. The second kappa shape index (κ2) is 4.06. The Bertz CT molecular complexity index is 585. The predicted octanol–water partition coefficient (Wildman–Crippen LogP) is 2.02. The number of nitrogens with two attached hydrogens (primary N) is 1. The molecular weight excluding hydrogens is 253 g/mol. The van der Waals surface area contributed by atoms with Gasteiger partial charge in [0.05, 0.1) is 23.7 Å². The first-order valence-electron chi connectivity index (χ1n) is 5.42. The molecule has 2 aromatic rings. The first-order chi connectivity index (χ1) is 8.63. The molecule has 0 spiro atoms. The predicted molar refractivity (Wildman–Crippen MR) is 66.5 cm³/mol. The maximum absolute atomic E-state index is 12.8. The lowest BCUT2D eigenvalue weighted by Crippen LogP contribution is -2.25. The second-order valence-corrected chi connectivity index (χ2v) is 5.21. The average molecular weight is 263 g/mol. The number of halogens is 1. The molecule has 3 rings (SSSR count). The van der Waals surface area contributed by atoms with Crippen LogP contribution in [0, 0.1) is 5.82 Å². The first kappa shape index (κ1) is 11.2. The third-order valence-corrected chi connectivity index (χ3v) is 3.76. The van der Waals surface area contributed by atoms with E-state index >= 15 is 0 Å². The van der Waals surface area contributed by atoms with Crippen molar-refractivity contribution in [3.05, 3.63) is 46.2 Å². The van der Waals surface area contributed by atoms with Gasteiger partial charge in [0, 0.05) is 5.56 Å². The highest BCUT2D eigenvalue weighted by molar-refractivity contribution is 7.15. The standard InChI is InChI=1S/C12H10FN3OS/c13-8-3-1-7(2-4-8)11(17)16-5-9-10(6-16)18-12(14)15-9/h1-4H,5-6H2,(H2,14,15). The van der Waals surface area contributed by atoms with E-state index < -0.39 is 0 Å². The van der Waals surface area contributed by atoms with Crippen molar-refractivity contribution < 1.29 is 9.18 Å². The monoisotopic (exact) mass is 263 g/mol. The van der Waals surface area contributed by atoms with Crippen molar-refractivity contribution in [1.29, 1.82) is 0 Å². The van der Waals surface area contributed by atoms with Crippen LogP contribution < -0.4 is 5.73 Å². The van der Waals surface area contributed by atoms with E-state index in [1.165, 1.54) is 35.6 Å². The molecule has 2 N–H and O–H groups in total. The van der Waals surface area contributed by atoms with Gasteiger partial charge in [-0.25, -0.2) is 9.37 Å². The van der Waals surface area contributed by atoms with Gasteiger partial charge in [-0.05, 0) is 24.3 Å². The van der Waals surface area contributed by atoms with Crippen LogP contribution in [0.15, 0.2) is 24.3 Å². The fraction of sp³-hybridized carbons (Fsp3) is 0.167. The van der Waals surface area contributed by atoms with E-state index in [1.807, 2.05) is 0 Å². The average Bonchev–Trinajstić information content (AvgIpc) is 2.86. The van der Waals surface area contributed by atoms with E-state index in [-0.39, 0.29) is 11.7 Å². The molecular formula is C12H10FN3OS. The smallest absolute Gasteiger partial charge is 0.254 e. The molecule has 18 heavy (non-hydrogen) atoms. The molecule has 92 valence electrons. The van der Waals surface area contributed by atoms with Gasteiger partial charge in [0.15, 0.2) is 5.13 Å². The van der Waals surface area contributed by atoms with Gasteiger partial charge in [-0.2, -0.15) is 0 Å². The number of anilines is 1. The molecule has 1 aliphatic rings. The van der Waals surface area contributed by atoms with Crippen molar-refractivity contribution in [3.8, 4) is 0 Å². The zero-order valence-electron chi connectivity index (χ0n) is 9.39. The van der Waals surface area contributed by atoms with Gasteiger partial charge in [0.25, 0.3) is 5.91 Å². The summed E-state index contributed by atoms with van der Waals surface area (Å²) < 4.78 is 12.8. The van der Waals surface area contributed by atoms with Crippen LogP contribution in [0.1, 0.15) is 20.9 Å². The summed E-state index contributed by atoms with van der Waals surface area (Å²) in [5.74, 6) is -0.458. The Hall–Kier alpha value is -1.95. The lowest BCUT2D eigenvalue weighted by atomic mass is 10.2. The molecule has 0 aliphatic carbocycles. The van der Waals surface area contributed by atoms with E-state index in [0.717, 1.165) is 10.6 Å². The van der Waals surface area contributed by atoms with Crippen LogP contribution in [-0.2, 0) is 13.1 Å². The summed E-state index contributed by atoms with van der Waals surface area (Å²) in [4.78, 5) is 19.0. The number of fused-ring (bicyclic) bond motifs is 1. The van der Waals surface area contributed by atoms with Crippen molar-refractivity contribution in [2.24, 2.45) is 0 Å². The summed E-state index contributed by atoms with van der Waals surface area (Å²) in [5.41, 5.74) is 6.95. The van der Waals surface area contributed by atoms with E-state index in [0.29, 0.717) is 23.8 Å². The molecule has 1 aromatic carbocycles. The Morgan fingerprint density at radius 1 is 1.33 bits per heavy atom. The summed E-state index contributed by atoms with van der Waals surface area (Å²) in [7, 11) is 0. The third-order valence-electron chi connectivity index (χ3n) is 2.85. The number of nitrogens with zero attached hydrogens (tertiary/aromatic N) is 2. The summed E-state index contributed by atoms with van der Waals surface area (Å²) in [5, 5.41) is 0.536. The number of hydrogen-bond donors (Lipinski definition) is 1. The van der Waals surface area contributed by atoms with Crippen LogP contribution in [-0.4, -0.2) is 15.8 Å². The van der Waals surface area contributed by atoms with Crippen LogP contribution >= 0.6 is 11.3 Å². The molecule has 0 saturated carbocycles. The highest BCUT2D eigenvalue weighted by atomic mass is 32.1. The SMILES string of the molecule is Nc1nc2c(s1)CN(C(=O)c1ccc(F)cc1)C2. The number of carbonyl (C=O) groups excluding carboxylic acids is 1. The molecule has 1 amide bonds. The van der Waals surface area contributed by atoms with E-state index in [9.17, 15) is 9.18 Å². The Labute approximate surface area is 107 Å². The van der Waals surface area contributed by atoms with Gasteiger partial charge in [-0.3, -0.25) is 4.79 Å². The molecule has 0 bridgehead atoms. The number of amides is 1. The molecule has 0 atom stereocenters. The Kier molecular flexibility index (Phi) is 2.52. The normalized spacial score (nSPS) is 13.7. The fourth-order valence-electron chi connectivity index (χ4n) is 1.98. The minimum Gasteiger partial charge on any atom is -0.375 e. The summed E-state index contributed by atoms with van der Waals surface area (Å²) >= 11 is 1.41. The summed E-state index contributed by atoms with van der Waals surface area (Å²) in [6.07, 6.45) is 0. The lowest BCUT2D eigenvalue weighted by molar-refractivity contribution is 0.0751. The van der Waals surface area contributed by atoms with Gasteiger partial charge >= 0.3 is 0 Å². The molecule has 1 aliphatic heterocycles. The molecule has 0 radical (unpaired) electrons. The topological polar surface area (TPSA) is 59.2 Å². The number of aromatic nitrogens is 1. The van der Waals surface area contributed by atoms with Crippen LogP contribution in [0.3, 0.4) is 0 Å². The van der Waals surface area contributed by atoms with Crippen molar-refractivity contribution in [1.82, 2.24) is 9.88 Å². The molecule has 0 saturated heterocycles. The Balaban J connectivity index is 1.79. The third kappa shape index (κ3) is 1.84. The minimum absolute atomic E-state index is 0.112. The first-order valence-corrected chi connectivity index (χ1v) is 6.24. The number of carbonyl (C=O) groups is 1. The molecule has 4 nitrogen and oxygen atoms in total. The fourth-order valence-corrected chi connectivity index (χ4v) is 2.84. The van der Waals surface area contributed by atoms with E-state index in [2.05, 4.69) is 4.98 Å². The van der Waals surface area contributed by atoms with Crippen LogP contribution in [0.5, 0.6) is 0 Å². The van der Waals surface area contributed by atoms with Gasteiger partial charge in [-0.15, -0.1) is 11.3 Å². The zero-order chi connectivity index (χ0) is 12.7. The zero-order valence-corrected chi connectivity index (χ0v) is 10.2. The van der Waals surface area contributed by atoms with E-state index in [1.54, 1.807) is 4.90 Å². The highest BCUT2D eigenvalue weighted by Gasteiger charge is 2.27. The second-order valence-electron chi connectivity index (χ2n) is 4.09. The molecule has 2 heterocycles. The van der Waals surface area contributed by atoms with Gasteiger partial charge in [0.2, 0.25) is 0 Å². The maximum atomic E-state index is 12.8. The summed E-state index contributed by atoms with van der Waals surface area (Å²) in [6, 6.07) is 5.56. The largest absolute Gasteiger partial charge is 0.375 e. The van der Waals surface area contributed by atoms with Crippen molar-refractivity contribution >= 4 is 22.4 Å². The van der Waals surface area contributed by atoms with Gasteiger partial charge < -0.3 is 10.6 Å². The lowest BCUT2D eigenvalue weighted by Gasteiger charge is -2.15. The van der Waals surface area contributed by atoms with Crippen LogP contribution in [0.2, 0.25) is 0 Å². The molecule has 1 aromatic heterocycles. The van der Waals surface area contributed by atoms with E-state index in [4.69, 9.17) is 5.73 Å². The van der Waals surface area contributed by atoms with Crippen molar-refractivity contribution in [3.63, 3.8) is 0 Å². The maximum Gasteiger partial charge on any atom is 0.254 e. The van der Waals surface area contributed by atoms with Crippen LogP contribution in [0.25, 0.3) is 0 Å². The molecule has 0 unspecified atom stereocenters. The minimum atomic E-state index is -0.346. The summed E-state index contributed by atoms with van der Waals surface area (Å²) in [6.45, 7) is 1.000. The van der Waals surface area contributed by atoms with Gasteiger partial charge in [-0.1, -0.05) is 0 Å². The Morgan fingerprint density at radius 2 is 2.06 bits per heavy atom.